The third kappa shape index (κ3) is 33.0. The van der Waals surface area contributed by atoms with E-state index in [1.54, 1.807) is 0 Å². The van der Waals surface area contributed by atoms with Gasteiger partial charge in [-0.2, -0.15) is 0 Å². The number of amides is 1. The van der Waals surface area contributed by atoms with E-state index >= 15 is 0 Å². The zero-order chi connectivity index (χ0) is 48.3. The predicted octanol–water partition coefficient (Wildman–Crippen LogP) is 10.7. The lowest BCUT2D eigenvalue weighted by Gasteiger charge is -2.40. The van der Waals surface area contributed by atoms with Crippen molar-refractivity contribution in [1.82, 2.24) is 5.32 Å². The van der Waals surface area contributed by atoms with Gasteiger partial charge >= 0.3 is 0 Å². The molecule has 11 heteroatoms. The Morgan fingerprint density at radius 3 is 1.33 bits per heavy atom. The van der Waals surface area contributed by atoms with Crippen LogP contribution in [0.15, 0.2) is 36.5 Å². The first-order valence-electron chi connectivity index (χ1n) is 27.4. The highest BCUT2D eigenvalue weighted by molar-refractivity contribution is 5.80. The molecular formula is C55H103NO10. The summed E-state index contributed by atoms with van der Waals surface area (Å²) in [4.78, 5) is 13.1. The standard InChI is InChI=1S/C55H103NO10/c1-3-5-7-9-11-13-15-17-19-20-21-22-23-24-25-26-27-29-31-33-35-37-39-41-43-48(59)54(64)56-46(45-65-55-53(63)52(62)51(61)49(44-57)66-55)50(60)47(58)42-40-38-36-34-32-30-28-18-16-14-12-10-8-6-4-2/h10,12,18,28,34,36,46-53,55,57-63H,3-9,11,13-17,19-27,29-33,35,37-45H2,1-2H3,(H,56,64)/b12-10+,28-18+,36-34+. The molecule has 0 aromatic heterocycles. The zero-order valence-corrected chi connectivity index (χ0v) is 42.2. The van der Waals surface area contributed by atoms with Crippen molar-refractivity contribution in [1.29, 1.82) is 0 Å². The van der Waals surface area contributed by atoms with Gasteiger partial charge in [-0.1, -0.05) is 217 Å². The molecule has 1 rings (SSSR count). The molecule has 8 N–H and O–H groups in total. The Bertz CT molecular complexity index is 1170. The van der Waals surface area contributed by atoms with E-state index < -0.39 is 74.2 Å². The van der Waals surface area contributed by atoms with Crippen LogP contribution >= 0.6 is 0 Å². The van der Waals surface area contributed by atoms with Crippen LogP contribution in [0.5, 0.6) is 0 Å². The van der Waals surface area contributed by atoms with Crippen LogP contribution in [0, 0.1) is 0 Å². The van der Waals surface area contributed by atoms with E-state index in [0.29, 0.717) is 19.3 Å². The minimum Gasteiger partial charge on any atom is -0.394 e. The number of nitrogens with one attached hydrogen (secondary N) is 1. The molecule has 1 heterocycles. The molecule has 1 amide bonds. The van der Waals surface area contributed by atoms with Gasteiger partial charge in [0.05, 0.1) is 25.4 Å². The summed E-state index contributed by atoms with van der Waals surface area (Å²) in [5.41, 5.74) is 0. The monoisotopic (exact) mass is 938 g/mol. The number of hydrogen-bond acceptors (Lipinski definition) is 10. The van der Waals surface area contributed by atoms with Crippen molar-refractivity contribution in [2.75, 3.05) is 13.2 Å². The number of unbranched alkanes of at least 4 members (excludes halogenated alkanes) is 28. The lowest BCUT2D eigenvalue weighted by Crippen LogP contribution is -2.60. The Balaban J connectivity index is 2.33. The molecule has 1 aliphatic heterocycles. The van der Waals surface area contributed by atoms with Crippen molar-refractivity contribution in [3.8, 4) is 0 Å². The lowest BCUT2D eigenvalue weighted by molar-refractivity contribution is -0.303. The molecule has 0 aliphatic carbocycles. The Kier molecular flexibility index (Phi) is 42.1. The van der Waals surface area contributed by atoms with Gasteiger partial charge in [-0.05, 0) is 57.8 Å². The van der Waals surface area contributed by atoms with E-state index in [0.717, 1.165) is 51.4 Å². The number of carbonyl (C=O) groups is 1. The van der Waals surface area contributed by atoms with Crippen LogP contribution in [-0.2, 0) is 14.3 Å². The topological polar surface area (TPSA) is 189 Å². The van der Waals surface area contributed by atoms with Crippen LogP contribution in [0.4, 0.5) is 0 Å². The highest BCUT2D eigenvalue weighted by Crippen LogP contribution is 2.23. The molecule has 11 nitrogen and oxygen atoms in total. The maximum atomic E-state index is 13.1. The van der Waals surface area contributed by atoms with Crippen LogP contribution < -0.4 is 5.32 Å². The van der Waals surface area contributed by atoms with Crippen molar-refractivity contribution >= 4 is 5.91 Å². The predicted molar refractivity (Wildman–Crippen MR) is 270 cm³/mol. The van der Waals surface area contributed by atoms with Gasteiger partial charge in [-0.15, -0.1) is 0 Å². The van der Waals surface area contributed by atoms with Gasteiger partial charge in [0.15, 0.2) is 6.29 Å². The van der Waals surface area contributed by atoms with Crippen molar-refractivity contribution in [2.24, 2.45) is 0 Å². The second-order valence-corrected chi connectivity index (χ2v) is 19.3. The van der Waals surface area contributed by atoms with E-state index in [1.165, 1.54) is 141 Å². The maximum Gasteiger partial charge on any atom is 0.249 e. The second-order valence-electron chi connectivity index (χ2n) is 19.3. The molecule has 9 unspecified atom stereocenters. The highest BCUT2D eigenvalue weighted by atomic mass is 16.7. The number of allylic oxidation sites excluding steroid dienone is 6. The van der Waals surface area contributed by atoms with Crippen LogP contribution in [-0.4, -0.2) is 110 Å². The first-order valence-corrected chi connectivity index (χ1v) is 27.4. The Hall–Kier alpha value is -1.67. The molecule has 0 radical (unpaired) electrons. The van der Waals surface area contributed by atoms with Gasteiger partial charge in [0, 0.05) is 0 Å². The SMILES string of the molecule is CCCC/C=C/CC/C=C/CC/C=C/CCCC(O)C(O)C(COC1OC(CO)C(O)C(O)C1O)NC(=O)C(O)CCCCCCCCCCCCCCCCCCCCCCCCCC. The maximum absolute atomic E-state index is 13.1. The first kappa shape index (κ1) is 62.3. The van der Waals surface area contributed by atoms with E-state index in [-0.39, 0.29) is 12.8 Å². The van der Waals surface area contributed by atoms with Crippen LogP contribution in [0.3, 0.4) is 0 Å². The van der Waals surface area contributed by atoms with E-state index in [4.69, 9.17) is 9.47 Å². The average molecular weight is 938 g/mol. The average Bonchev–Trinajstić information content (AvgIpc) is 3.32. The van der Waals surface area contributed by atoms with Gasteiger partial charge in [0.1, 0.15) is 36.6 Å². The molecule has 66 heavy (non-hydrogen) atoms. The summed E-state index contributed by atoms with van der Waals surface area (Å²) in [6.45, 7) is 3.40. The molecule has 0 bridgehead atoms. The van der Waals surface area contributed by atoms with Gasteiger partial charge < -0.3 is 50.5 Å². The number of carbonyl (C=O) groups excluding carboxylic acids is 1. The molecule has 1 aliphatic rings. The largest absolute Gasteiger partial charge is 0.394 e. The number of aliphatic hydroxyl groups excluding tert-OH is 7. The Morgan fingerprint density at radius 2 is 0.909 bits per heavy atom. The van der Waals surface area contributed by atoms with Crippen molar-refractivity contribution in [3.63, 3.8) is 0 Å². The Labute approximate surface area is 403 Å². The summed E-state index contributed by atoms with van der Waals surface area (Å²) in [5, 5.41) is 75.9. The molecular weight excluding hydrogens is 835 g/mol. The normalized spacial score (nSPS) is 21.0. The molecule has 0 spiro atoms. The third-order valence-electron chi connectivity index (χ3n) is 13.2. The quantitative estimate of drug-likeness (QED) is 0.0215. The van der Waals surface area contributed by atoms with Crippen LogP contribution in [0.1, 0.15) is 239 Å². The lowest BCUT2D eigenvalue weighted by atomic mass is 9.98. The fourth-order valence-corrected chi connectivity index (χ4v) is 8.64. The Morgan fingerprint density at radius 1 is 0.515 bits per heavy atom. The molecule has 0 saturated carbocycles. The number of hydrogen-bond donors (Lipinski definition) is 8. The summed E-state index contributed by atoms with van der Waals surface area (Å²) < 4.78 is 11.1. The summed E-state index contributed by atoms with van der Waals surface area (Å²) in [5.74, 6) is -0.710. The highest BCUT2D eigenvalue weighted by Gasteiger charge is 2.44. The summed E-state index contributed by atoms with van der Waals surface area (Å²) in [6.07, 6.45) is 42.0. The van der Waals surface area contributed by atoms with E-state index in [2.05, 4.69) is 55.6 Å². The molecule has 0 aromatic carbocycles. The minimum atomic E-state index is -1.67. The number of ether oxygens (including phenoxy) is 2. The van der Waals surface area contributed by atoms with Gasteiger partial charge in [0.2, 0.25) is 5.91 Å². The summed E-state index contributed by atoms with van der Waals surface area (Å²) >= 11 is 0. The van der Waals surface area contributed by atoms with Crippen molar-refractivity contribution in [3.05, 3.63) is 36.5 Å². The molecule has 388 valence electrons. The third-order valence-corrected chi connectivity index (χ3v) is 13.2. The molecule has 0 aromatic rings. The second kappa shape index (κ2) is 44.5. The van der Waals surface area contributed by atoms with Gasteiger partial charge in [-0.3, -0.25) is 4.79 Å². The van der Waals surface area contributed by atoms with E-state index in [9.17, 15) is 40.5 Å². The van der Waals surface area contributed by atoms with Crippen molar-refractivity contribution < 1.29 is 50.0 Å². The van der Waals surface area contributed by atoms with E-state index in [1.807, 2.05) is 0 Å². The van der Waals surface area contributed by atoms with Crippen molar-refractivity contribution in [2.45, 2.75) is 294 Å². The first-order chi connectivity index (χ1) is 32.2. The molecule has 1 saturated heterocycles. The molecule has 9 atom stereocenters. The number of rotatable bonds is 46. The number of aliphatic hydroxyl groups is 7. The summed E-state index contributed by atoms with van der Waals surface area (Å²) in [7, 11) is 0. The minimum absolute atomic E-state index is 0.242. The van der Waals surface area contributed by atoms with Crippen LogP contribution in [0.2, 0.25) is 0 Å². The zero-order valence-electron chi connectivity index (χ0n) is 42.2. The fourth-order valence-electron chi connectivity index (χ4n) is 8.64. The fraction of sp³-hybridized carbons (Fsp3) is 0.873. The smallest absolute Gasteiger partial charge is 0.249 e. The van der Waals surface area contributed by atoms with Gasteiger partial charge in [0.25, 0.3) is 0 Å². The van der Waals surface area contributed by atoms with Crippen LogP contribution in [0.25, 0.3) is 0 Å². The van der Waals surface area contributed by atoms with Gasteiger partial charge in [-0.25, -0.2) is 0 Å². The molecule has 1 fully saturated rings. The summed E-state index contributed by atoms with van der Waals surface area (Å²) in [6, 6.07) is -1.19.